The largest absolute Gasteiger partial charge is 0.374 e. The van der Waals surface area contributed by atoms with E-state index in [4.69, 9.17) is 16.3 Å². The Morgan fingerprint density at radius 3 is 2.47 bits per heavy atom. The van der Waals surface area contributed by atoms with Crippen molar-refractivity contribution in [3.05, 3.63) is 53.3 Å². The standard InChI is InChI=1S/C22H30ClN3O3S/c1-30(27,28)16-22-14-25(19-7-9-20(10-8-19)26-12-2-11-24-26)21(15-29-22)13-17-3-5-18(23)6-4-17/h2-6,11-12,19-22H,7-10,13-16H2,1H3/t19?,20?,21-,22-/m1/s1. The Morgan fingerprint density at radius 1 is 1.13 bits per heavy atom. The first-order chi connectivity index (χ1) is 14.4. The Bertz CT molecular complexity index is 910. The van der Waals surface area contributed by atoms with Gasteiger partial charge in [-0.25, -0.2) is 8.42 Å². The van der Waals surface area contributed by atoms with Crippen LogP contribution in [0.25, 0.3) is 0 Å². The van der Waals surface area contributed by atoms with E-state index in [9.17, 15) is 8.42 Å². The van der Waals surface area contributed by atoms with Gasteiger partial charge in [-0.15, -0.1) is 0 Å². The van der Waals surface area contributed by atoms with E-state index < -0.39 is 9.84 Å². The van der Waals surface area contributed by atoms with Crippen LogP contribution in [-0.4, -0.2) is 66.4 Å². The molecular weight excluding hydrogens is 422 g/mol. The molecule has 1 aromatic heterocycles. The molecule has 4 rings (SSSR count). The second kappa shape index (κ2) is 9.39. The zero-order chi connectivity index (χ0) is 21.1. The van der Waals surface area contributed by atoms with Gasteiger partial charge in [-0.1, -0.05) is 23.7 Å². The molecule has 0 radical (unpaired) electrons. The molecule has 2 atom stereocenters. The van der Waals surface area contributed by atoms with Crippen molar-refractivity contribution in [2.75, 3.05) is 25.2 Å². The highest BCUT2D eigenvalue weighted by Gasteiger charge is 2.37. The monoisotopic (exact) mass is 451 g/mol. The molecule has 1 saturated heterocycles. The molecule has 8 heteroatoms. The summed E-state index contributed by atoms with van der Waals surface area (Å²) in [7, 11) is -3.08. The minimum absolute atomic E-state index is 0.0831. The molecular formula is C22H30ClN3O3S. The predicted molar refractivity (Wildman–Crippen MR) is 119 cm³/mol. The maximum atomic E-state index is 11.8. The molecule has 2 aliphatic rings. The minimum atomic E-state index is -3.08. The molecule has 164 valence electrons. The first kappa shape index (κ1) is 21.8. The Kier molecular flexibility index (Phi) is 6.82. The molecule has 0 spiro atoms. The number of hydrogen-bond donors (Lipinski definition) is 0. The van der Waals surface area contributed by atoms with Gasteiger partial charge in [0.25, 0.3) is 0 Å². The quantitative estimate of drug-likeness (QED) is 0.673. The van der Waals surface area contributed by atoms with E-state index in [1.165, 1.54) is 11.8 Å². The van der Waals surface area contributed by atoms with E-state index in [1.54, 1.807) is 0 Å². The summed E-state index contributed by atoms with van der Waals surface area (Å²) in [5, 5.41) is 5.15. The van der Waals surface area contributed by atoms with Crippen molar-refractivity contribution in [2.24, 2.45) is 0 Å². The van der Waals surface area contributed by atoms with Crippen LogP contribution in [0.4, 0.5) is 0 Å². The summed E-state index contributed by atoms with van der Waals surface area (Å²) in [6.07, 6.45) is 10.2. The highest BCUT2D eigenvalue weighted by Crippen LogP contribution is 2.33. The van der Waals surface area contributed by atoms with Crippen LogP contribution < -0.4 is 0 Å². The molecule has 30 heavy (non-hydrogen) atoms. The number of aromatic nitrogens is 2. The topological polar surface area (TPSA) is 64.4 Å². The maximum Gasteiger partial charge on any atom is 0.150 e. The number of hydrogen-bond acceptors (Lipinski definition) is 5. The molecule has 0 N–H and O–H groups in total. The number of rotatable bonds is 6. The molecule has 2 heterocycles. The Labute approximate surface area is 184 Å². The fourth-order valence-electron chi connectivity index (χ4n) is 4.89. The second-order valence-corrected chi connectivity index (χ2v) is 11.3. The molecule has 2 aromatic rings. The molecule has 1 aromatic carbocycles. The van der Waals surface area contributed by atoms with Crippen LogP contribution in [0, 0.1) is 0 Å². The Hall–Kier alpha value is -1.41. The van der Waals surface area contributed by atoms with Crippen molar-refractivity contribution in [1.82, 2.24) is 14.7 Å². The third-order valence-corrected chi connectivity index (χ3v) is 7.54. The van der Waals surface area contributed by atoms with E-state index >= 15 is 0 Å². The highest BCUT2D eigenvalue weighted by molar-refractivity contribution is 7.90. The van der Waals surface area contributed by atoms with Gasteiger partial charge in [0.2, 0.25) is 0 Å². The normalized spacial score (nSPS) is 28.5. The van der Waals surface area contributed by atoms with Crippen LogP contribution in [0.1, 0.15) is 37.3 Å². The lowest BCUT2D eigenvalue weighted by Crippen LogP contribution is -2.56. The number of halogens is 1. The summed E-state index contributed by atoms with van der Waals surface area (Å²) in [4.78, 5) is 2.52. The lowest BCUT2D eigenvalue weighted by atomic mass is 9.88. The van der Waals surface area contributed by atoms with Crippen molar-refractivity contribution in [3.63, 3.8) is 0 Å². The Balaban J connectivity index is 1.46. The number of benzene rings is 1. The van der Waals surface area contributed by atoms with Gasteiger partial charge in [0.05, 0.1) is 24.5 Å². The van der Waals surface area contributed by atoms with E-state index in [-0.39, 0.29) is 17.9 Å². The van der Waals surface area contributed by atoms with Gasteiger partial charge >= 0.3 is 0 Å². The van der Waals surface area contributed by atoms with Crippen molar-refractivity contribution in [1.29, 1.82) is 0 Å². The third kappa shape index (κ3) is 5.63. The van der Waals surface area contributed by atoms with Crippen LogP contribution in [0.5, 0.6) is 0 Å². The average molecular weight is 452 g/mol. The molecule has 0 amide bonds. The molecule has 6 nitrogen and oxygen atoms in total. The van der Waals surface area contributed by atoms with Crippen LogP contribution in [0.3, 0.4) is 0 Å². The van der Waals surface area contributed by atoms with Crippen molar-refractivity contribution in [2.45, 2.75) is 56.3 Å². The summed E-state index contributed by atoms with van der Waals surface area (Å²) in [5.74, 6) is 0.0831. The van der Waals surface area contributed by atoms with Crippen LogP contribution >= 0.6 is 11.6 Å². The van der Waals surface area contributed by atoms with Gasteiger partial charge in [0.15, 0.2) is 0 Å². The summed E-state index contributed by atoms with van der Waals surface area (Å²) < 4.78 is 31.8. The lowest BCUT2D eigenvalue weighted by molar-refractivity contribution is -0.0765. The van der Waals surface area contributed by atoms with E-state index in [0.717, 1.165) is 37.1 Å². The summed E-state index contributed by atoms with van der Waals surface area (Å²) >= 11 is 6.04. The van der Waals surface area contributed by atoms with E-state index in [1.807, 2.05) is 30.6 Å². The van der Waals surface area contributed by atoms with Gasteiger partial charge in [-0.05, 0) is 55.9 Å². The first-order valence-corrected chi connectivity index (χ1v) is 13.1. The zero-order valence-corrected chi connectivity index (χ0v) is 18.9. The number of nitrogens with zero attached hydrogens (tertiary/aromatic N) is 3. The lowest BCUT2D eigenvalue weighted by Gasteiger charge is -2.46. The Morgan fingerprint density at radius 2 is 1.83 bits per heavy atom. The van der Waals surface area contributed by atoms with Crippen molar-refractivity contribution in [3.8, 4) is 0 Å². The summed E-state index contributed by atoms with van der Waals surface area (Å²) in [6, 6.07) is 11.1. The van der Waals surface area contributed by atoms with Crippen LogP contribution in [0.2, 0.25) is 5.02 Å². The van der Waals surface area contributed by atoms with E-state index in [2.05, 4.69) is 26.8 Å². The number of ether oxygens (including phenoxy) is 1. The van der Waals surface area contributed by atoms with Gasteiger partial charge in [-0.3, -0.25) is 9.58 Å². The van der Waals surface area contributed by atoms with Crippen LogP contribution in [0.15, 0.2) is 42.7 Å². The van der Waals surface area contributed by atoms with Gasteiger partial charge in [0, 0.05) is 42.3 Å². The number of sulfone groups is 1. The molecule has 2 fully saturated rings. The van der Waals surface area contributed by atoms with Gasteiger partial charge in [0.1, 0.15) is 9.84 Å². The zero-order valence-electron chi connectivity index (χ0n) is 17.4. The molecule has 0 bridgehead atoms. The van der Waals surface area contributed by atoms with Gasteiger partial charge in [-0.2, -0.15) is 5.10 Å². The van der Waals surface area contributed by atoms with E-state index in [0.29, 0.717) is 25.2 Å². The minimum Gasteiger partial charge on any atom is -0.374 e. The molecule has 1 aliphatic carbocycles. The second-order valence-electron chi connectivity index (χ2n) is 8.68. The molecule has 1 saturated carbocycles. The fourth-order valence-corrected chi connectivity index (χ4v) is 5.89. The smallest absolute Gasteiger partial charge is 0.150 e. The molecule has 0 unspecified atom stereocenters. The van der Waals surface area contributed by atoms with Crippen molar-refractivity contribution >= 4 is 21.4 Å². The van der Waals surface area contributed by atoms with Gasteiger partial charge < -0.3 is 4.74 Å². The van der Waals surface area contributed by atoms with Crippen LogP contribution in [-0.2, 0) is 21.0 Å². The first-order valence-electron chi connectivity index (χ1n) is 10.7. The highest BCUT2D eigenvalue weighted by atomic mass is 35.5. The predicted octanol–water partition coefficient (Wildman–Crippen LogP) is 3.38. The maximum absolute atomic E-state index is 11.8. The average Bonchev–Trinajstić information content (AvgIpc) is 3.25. The SMILES string of the molecule is CS(=O)(=O)C[C@H]1CN(C2CCC(n3cccn3)CC2)[C@H](Cc2ccc(Cl)cc2)CO1. The van der Waals surface area contributed by atoms with Crippen molar-refractivity contribution < 1.29 is 13.2 Å². The fraction of sp³-hybridized carbons (Fsp3) is 0.591. The molecule has 1 aliphatic heterocycles. The summed E-state index contributed by atoms with van der Waals surface area (Å²) in [5.41, 5.74) is 1.23. The third-order valence-electron chi connectivity index (χ3n) is 6.32. The number of morpholine rings is 1. The summed E-state index contributed by atoms with van der Waals surface area (Å²) in [6.45, 7) is 1.23.